The van der Waals surface area contributed by atoms with Gasteiger partial charge < -0.3 is 9.94 Å². The first-order valence-electron chi connectivity index (χ1n) is 5.92. The number of oxime groups is 1. The van der Waals surface area contributed by atoms with Crippen LogP contribution in [-0.4, -0.2) is 10.9 Å². The van der Waals surface area contributed by atoms with Crippen LogP contribution in [0.25, 0.3) is 0 Å². The van der Waals surface area contributed by atoms with Crippen molar-refractivity contribution in [2.24, 2.45) is 5.16 Å². The molecule has 0 saturated carbocycles. The molecule has 0 unspecified atom stereocenters. The summed E-state index contributed by atoms with van der Waals surface area (Å²) in [5.74, 6) is 0.710. The maximum Gasteiger partial charge on any atom is 0.129 e. The summed E-state index contributed by atoms with van der Waals surface area (Å²) >= 11 is 7.37. The van der Waals surface area contributed by atoms with E-state index in [9.17, 15) is 0 Å². The number of nitrogens with zero attached hydrogens (tertiary/aromatic N) is 1. The van der Waals surface area contributed by atoms with E-state index in [4.69, 9.17) is 21.5 Å². The van der Waals surface area contributed by atoms with E-state index in [-0.39, 0.29) is 0 Å². The Hall–Kier alpha value is -1.52. The molecule has 0 aliphatic heterocycles. The van der Waals surface area contributed by atoms with Crippen molar-refractivity contribution < 1.29 is 9.94 Å². The smallest absolute Gasteiger partial charge is 0.129 e. The van der Waals surface area contributed by atoms with E-state index in [1.54, 1.807) is 0 Å². The van der Waals surface area contributed by atoms with Gasteiger partial charge in [0.25, 0.3) is 0 Å². The number of hydrogen-bond donors (Lipinski definition) is 1. The van der Waals surface area contributed by atoms with Crippen molar-refractivity contribution in [2.45, 2.75) is 20.0 Å². The molecule has 3 nitrogen and oxygen atoms in total. The standard InChI is InChI=1S/C14H14ClNO2S/c1-2-12(16-17)11-5-3-4-6-13(11)18-9-10-7-8-14(15)19-10/h3-8,17H,2,9H2,1H3/b16-12+. The van der Waals surface area contributed by atoms with Crippen LogP contribution >= 0.6 is 22.9 Å². The predicted molar refractivity (Wildman–Crippen MR) is 78.7 cm³/mol. The van der Waals surface area contributed by atoms with Crippen LogP contribution < -0.4 is 4.74 Å². The average molecular weight is 296 g/mol. The molecule has 0 atom stereocenters. The quantitative estimate of drug-likeness (QED) is 0.499. The van der Waals surface area contributed by atoms with Gasteiger partial charge in [-0.05, 0) is 30.7 Å². The van der Waals surface area contributed by atoms with Crippen LogP contribution in [0.2, 0.25) is 4.34 Å². The molecule has 0 saturated heterocycles. The highest BCUT2D eigenvalue weighted by Crippen LogP contribution is 2.25. The second-order valence-electron chi connectivity index (χ2n) is 3.89. The monoisotopic (exact) mass is 295 g/mol. The van der Waals surface area contributed by atoms with Crippen molar-refractivity contribution in [2.75, 3.05) is 0 Å². The summed E-state index contributed by atoms with van der Waals surface area (Å²) in [5.41, 5.74) is 1.43. The lowest BCUT2D eigenvalue weighted by Crippen LogP contribution is -2.04. The van der Waals surface area contributed by atoms with Crippen molar-refractivity contribution >= 4 is 28.6 Å². The minimum absolute atomic E-state index is 0.455. The largest absolute Gasteiger partial charge is 0.487 e. The molecule has 5 heteroatoms. The lowest BCUT2D eigenvalue weighted by Gasteiger charge is -2.10. The van der Waals surface area contributed by atoms with Crippen LogP contribution in [0.4, 0.5) is 0 Å². The molecule has 0 aliphatic rings. The van der Waals surface area contributed by atoms with Gasteiger partial charge in [-0.2, -0.15) is 0 Å². The lowest BCUT2D eigenvalue weighted by molar-refractivity contribution is 0.306. The zero-order chi connectivity index (χ0) is 13.7. The van der Waals surface area contributed by atoms with Crippen LogP contribution in [0.1, 0.15) is 23.8 Å². The molecule has 0 fully saturated rings. The highest BCUT2D eigenvalue weighted by Gasteiger charge is 2.09. The third-order valence-electron chi connectivity index (χ3n) is 2.65. The number of ether oxygens (including phenoxy) is 1. The van der Waals surface area contributed by atoms with Gasteiger partial charge in [0, 0.05) is 10.4 Å². The van der Waals surface area contributed by atoms with Crippen LogP contribution in [0.5, 0.6) is 5.75 Å². The molecule has 100 valence electrons. The van der Waals surface area contributed by atoms with Crippen molar-refractivity contribution in [3.63, 3.8) is 0 Å². The molecule has 1 aromatic carbocycles. The van der Waals surface area contributed by atoms with Crippen molar-refractivity contribution in [3.05, 3.63) is 51.2 Å². The zero-order valence-corrected chi connectivity index (χ0v) is 12.0. The van der Waals surface area contributed by atoms with Gasteiger partial charge in [0.2, 0.25) is 0 Å². The zero-order valence-electron chi connectivity index (χ0n) is 10.5. The number of hydrogen-bond acceptors (Lipinski definition) is 4. The van der Waals surface area contributed by atoms with Crippen LogP contribution in [0.15, 0.2) is 41.6 Å². The molecule has 0 bridgehead atoms. The van der Waals surface area contributed by atoms with Crippen molar-refractivity contribution in [1.82, 2.24) is 0 Å². The molecule has 1 heterocycles. The second-order valence-corrected chi connectivity index (χ2v) is 5.69. The molecular formula is C14H14ClNO2S. The highest BCUT2D eigenvalue weighted by atomic mass is 35.5. The van der Waals surface area contributed by atoms with Gasteiger partial charge in [-0.25, -0.2) is 0 Å². The summed E-state index contributed by atoms with van der Waals surface area (Å²) in [4.78, 5) is 1.05. The Bertz CT molecular complexity index is 580. The summed E-state index contributed by atoms with van der Waals surface area (Å²) < 4.78 is 6.53. The van der Waals surface area contributed by atoms with E-state index in [1.165, 1.54) is 11.3 Å². The maximum absolute atomic E-state index is 9.01. The molecule has 2 rings (SSSR count). The van der Waals surface area contributed by atoms with Gasteiger partial charge >= 0.3 is 0 Å². The van der Waals surface area contributed by atoms with Crippen LogP contribution in [-0.2, 0) is 6.61 Å². The molecule has 0 radical (unpaired) electrons. The maximum atomic E-state index is 9.01. The number of rotatable bonds is 5. The van der Waals surface area contributed by atoms with E-state index in [0.29, 0.717) is 24.5 Å². The minimum atomic E-state index is 0.455. The molecule has 2 aromatic rings. The molecule has 1 aromatic heterocycles. The number of halogens is 1. The van der Waals surface area contributed by atoms with E-state index in [1.807, 2.05) is 43.3 Å². The van der Waals surface area contributed by atoms with Gasteiger partial charge in [0.1, 0.15) is 12.4 Å². The van der Waals surface area contributed by atoms with Gasteiger partial charge in [0.15, 0.2) is 0 Å². The summed E-state index contributed by atoms with van der Waals surface area (Å²) in [6.07, 6.45) is 0.641. The SMILES string of the molecule is CC/C(=N\O)c1ccccc1OCc1ccc(Cl)s1. The minimum Gasteiger partial charge on any atom is -0.487 e. The van der Waals surface area contributed by atoms with E-state index >= 15 is 0 Å². The van der Waals surface area contributed by atoms with E-state index < -0.39 is 0 Å². The van der Waals surface area contributed by atoms with Gasteiger partial charge in [-0.3, -0.25) is 0 Å². The Morgan fingerprint density at radius 1 is 1.32 bits per heavy atom. The molecule has 1 N–H and O–H groups in total. The fourth-order valence-electron chi connectivity index (χ4n) is 1.72. The first-order valence-corrected chi connectivity index (χ1v) is 7.11. The Morgan fingerprint density at radius 2 is 2.11 bits per heavy atom. The van der Waals surface area contributed by atoms with Crippen molar-refractivity contribution in [3.8, 4) is 5.75 Å². The normalized spacial score (nSPS) is 11.6. The Labute approximate surface area is 121 Å². The van der Waals surface area contributed by atoms with Gasteiger partial charge in [0.05, 0.1) is 10.0 Å². The topological polar surface area (TPSA) is 41.8 Å². The summed E-state index contributed by atoms with van der Waals surface area (Å²) in [5, 5.41) is 12.3. The van der Waals surface area contributed by atoms with E-state index in [0.717, 1.165) is 14.8 Å². The first kappa shape index (κ1) is 13.9. The fraction of sp³-hybridized carbons (Fsp3) is 0.214. The summed E-state index contributed by atoms with van der Waals surface area (Å²) in [6, 6.07) is 11.3. The first-order chi connectivity index (χ1) is 9.24. The Balaban J connectivity index is 2.16. The van der Waals surface area contributed by atoms with Gasteiger partial charge in [-0.15, -0.1) is 11.3 Å². The number of thiophene rings is 1. The molecule has 0 amide bonds. The Kier molecular flexibility index (Phi) is 4.82. The highest BCUT2D eigenvalue weighted by molar-refractivity contribution is 7.16. The molecular weight excluding hydrogens is 282 g/mol. The number of para-hydroxylation sites is 1. The third kappa shape index (κ3) is 3.49. The third-order valence-corrected chi connectivity index (χ3v) is 3.86. The van der Waals surface area contributed by atoms with E-state index in [2.05, 4.69) is 5.16 Å². The number of benzene rings is 1. The molecule has 0 aliphatic carbocycles. The predicted octanol–water partition coefficient (Wildman–Crippen LogP) is 4.57. The van der Waals surface area contributed by atoms with Crippen LogP contribution in [0, 0.1) is 0 Å². The average Bonchev–Trinajstić information content (AvgIpc) is 2.85. The van der Waals surface area contributed by atoms with Crippen molar-refractivity contribution in [1.29, 1.82) is 0 Å². The Morgan fingerprint density at radius 3 is 2.74 bits per heavy atom. The van der Waals surface area contributed by atoms with Gasteiger partial charge in [-0.1, -0.05) is 35.8 Å². The summed E-state index contributed by atoms with van der Waals surface area (Å²) in [7, 11) is 0. The fourth-order valence-corrected chi connectivity index (χ4v) is 2.72. The van der Waals surface area contributed by atoms with Crippen LogP contribution in [0.3, 0.4) is 0 Å². The second kappa shape index (κ2) is 6.59. The summed E-state index contributed by atoms with van der Waals surface area (Å²) in [6.45, 7) is 2.39. The molecule has 0 spiro atoms. The lowest BCUT2D eigenvalue weighted by atomic mass is 10.1. The molecule has 19 heavy (non-hydrogen) atoms.